The molecule has 1 unspecified atom stereocenters. The van der Waals surface area contributed by atoms with Gasteiger partial charge in [0.05, 0.1) is 17.3 Å². The van der Waals surface area contributed by atoms with E-state index < -0.39 is 6.72 Å². The van der Waals surface area contributed by atoms with E-state index in [4.69, 9.17) is 16.1 Å². The van der Waals surface area contributed by atoms with Crippen molar-refractivity contribution in [3.8, 4) is 0 Å². The van der Waals surface area contributed by atoms with Crippen LogP contribution in [0, 0.1) is 0 Å². The number of hydrogen-bond donors (Lipinski definition) is 1. The van der Waals surface area contributed by atoms with Crippen molar-refractivity contribution in [3.63, 3.8) is 0 Å². The fraction of sp³-hybridized carbons (Fsp3) is 0.143. The maximum Gasteiger partial charge on any atom is 0.355 e. The number of halogens is 1. The number of anilines is 1. The summed E-state index contributed by atoms with van der Waals surface area (Å²) in [4.78, 5) is 0.879. The second-order valence-electron chi connectivity index (χ2n) is 3.91. The number of para-hydroxylation sites is 1. The predicted octanol–water partition coefficient (Wildman–Crippen LogP) is 5.69. The maximum absolute atomic E-state index is 12.9. The van der Waals surface area contributed by atoms with E-state index in [0.717, 1.165) is 4.90 Å². The van der Waals surface area contributed by atoms with Crippen LogP contribution < -0.4 is 5.09 Å². The Morgan fingerprint density at radius 2 is 1.80 bits per heavy atom. The highest BCUT2D eigenvalue weighted by atomic mass is 35.5. The van der Waals surface area contributed by atoms with Crippen LogP contribution in [0.3, 0.4) is 0 Å². The van der Waals surface area contributed by atoms with Gasteiger partial charge in [-0.3, -0.25) is 4.57 Å². The van der Waals surface area contributed by atoms with Crippen LogP contribution >= 0.6 is 29.7 Å². The molecular formula is C14H15ClNO2PS. The average molecular weight is 328 g/mol. The lowest BCUT2D eigenvalue weighted by atomic mass is 10.3. The Kier molecular flexibility index (Phi) is 5.55. The molecule has 106 valence electrons. The van der Waals surface area contributed by atoms with Crippen molar-refractivity contribution >= 4 is 35.4 Å². The third-order valence-electron chi connectivity index (χ3n) is 2.40. The molecule has 6 heteroatoms. The number of nitrogens with one attached hydrogen (secondary N) is 1. The van der Waals surface area contributed by atoms with Gasteiger partial charge < -0.3 is 9.61 Å². The van der Waals surface area contributed by atoms with Gasteiger partial charge in [-0.1, -0.05) is 41.9 Å². The van der Waals surface area contributed by atoms with Gasteiger partial charge in [-0.25, -0.2) is 0 Å². The van der Waals surface area contributed by atoms with E-state index in [1.807, 2.05) is 49.4 Å². The quantitative estimate of drug-likeness (QED) is 0.692. The molecule has 0 fully saturated rings. The Labute approximate surface area is 127 Å². The van der Waals surface area contributed by atoms with Gasteiger partial charge in [0.15, 0.2) is 0 Å². The van der Waals surface area contributed by atoms with E-state index >= 15 is 0 Å². The molecule has 2 aromatic carbocycles. The first kappa shape index (κ1) is 15.5. The smallest absolute Gasteiger partial charge is 0.306 e. The highest BCUT2D eigenvalue weighted by Crippen LogP contribution is 2.62. The van der Waals surface area contributed by atoms with Gasteiger partial charge in [0.25, 0.3) is 0 Å². The van der Waals surface area contributed by atoms with E-state index in [1.165, 1.54) is 11.4 Å². The van der Waals surface area contributed by atoms with Gasteiger partial charge in [0, 0.05) is 4.90 Å². The van der Waals surface area contributed by atoms with Crippen LogP contribution in [0.4, 0.5) is 5.69 Å². The van der Waals surface area contributed by atoms with Crippen LogP contribution in [0.25, 0.3) is 0 Å². The molecule has 0 aliphatic heterocycles. The zero-order chi connectivity index (χ0) is 14.4. The lowest BCUT2D eigenvalue weighted by molar-refractivity contribution is 0.349. The first-order valence-corrected chi connectivity index (χ1v) is 9.57. The topological polar surface area (TPSA) is 38.3 Å². The molecule has 0 heterocycles. The standard InChI is InChI=1S/C14H15ClNO2PS/c1-2-18-19(17,20-12-8-4-3-5-9-12)16-14-11-7-6-10-13(14)15/h3-11H,2H2,1H3,(H,16,17). The number of hydrogen-bond acceptors (Lipinski definition) is 3. The second-order valence-corrected chi connectivity index (χ2v) is 8.44. The van der Waals surface area contributed by atoms with Gasteiger partial charge in [-0.05, 0) is 42.6 Å². The minimum Gasteiger partial charge on any atom is -0.306 e. The average Bonchev–Trinajstić information content (AvgIpc) is 2.43. The molecular weight excluding hydrogens is 313 g/mol. The monoisotopic (exact) mass is 327 g/mol. The van der Waals surface area contributed by atoms with Gasteiger partial charge >= 0.3 is 6.72 Å². The van der Waals surface area contributed by atoms with E-state index in [2.05, 4.69) is 5.09 Å². The molecule has 20 heavy (non-hydrogen) atoms. The molecule has 0 aliphatic rings. The third-order valence-corrected chi connectivity index (χ3v) is 6.51. The van der Waals surface area contributed by atoms with Crippen molar-refractivity contribution in [2.24, 2.45) is 0 Å². The Bertz CT molecular complexity index is 609. The van der Waals surface area contributed by atoms with Crippen molar-refractivity contribution in [1.82, 2.24) is 0 Å². The van der Waals surface area contributed by atoms with Crippen LogP contribution in [0.1, 0.15) is 6.92 Å². The molecule has 0 spiro atoms. The lowest BCUT2D eigenvalue weighted by Crippen LogP contribution is -1.98. The van der Waals surface area contributed by atoms with Crippen molar-refractivity contribution in [2.45, 2.75) is 11.8 Å². The minimum absolute atomic E-state index is 0.356. The summed E-state index contributed by atoms with van der Waals surface area (Å²) in [6.45, 7) is -0.940. The zero-order valence-corrected chi connectivity index (χ0v) is 13.4. The van der Waals surface area contributed by atoms with Crippen LogP contribution in [0.15, 0.2) is 59.5 Å². The largest absolute Gasteiger partial charge is 0.355 e. The molecule has 0 saturated carbocycles. The Morgan fingerprint density at radius 1 is 1.15 bits per heavy atom. The van der Waals surface area contributed by atoms with Crippen molar-refractivity contribution in [1.29, 1.82) is 0 Å². The SMILES string of the molecule is CCOP(=O)(Nc1ccccc1Cl)Sc1ccccc1. The van der Waals surface area contributed by atoms with Crippen LogP contribution in [-0.2, 0) is 9.09 Å². The Hall–Kier alpha value is -0.930. The lowest BCUT2D eigenvalue weighted by Gasteiger charge is -2.19. The first-order valence-electron chi connectivity index (χ1n) is 6.15. The number of benzene rings is 2. The van der Waals surface area contributed by atoms with Gasteiger partial charge in [0.2, 0.25) is 0 Å². The highest BCUT2D eigenvalue weighted by molar-refractivity contribution is 8.57. The molecule has 0 radical (unpaired) electrons. The van der Waals surface area contributed by atoms with Gasteiger partial charge in [-0.15, -0.1) is 0 Å². The molecule has 2 rings (SSSR count). The summed E-state index contributed by atoms with van der Waals surface area (Å²) in [5.41, 5.74) is 0.606. The number of rotatable bonds is 6. The third kappa shape index (κ3) is 4.29. The highest BCUT2D eigenvalue weighted by Gasteiger charge is 2.25. The molecule has 0 bridgehead atoms. The summed E-state index contributed by atoms with van der Waals surface area (Å²) in [5, 5.41) is 3.45. The predicted molar refractivity (Wildman–Crippen MR) is 86.6 cm³/mol. The van der Waals surface area contributed by atoms with Crippen LogP contribution in [-0.4, -0.2) is 6.61 Å². The van der Waals surface area contributed by atoms with Crippen molar-refractivity contribution in [2.75, 3.05) is 11.7 Å². The van der Waals surface area contributed by atoms with E-state index in [-0.39, 0.29) is 0 Å². The minimum atomic E-state index is -3.11. The Balaban J connectivity index is 2.21. The summed E-state index contributed by atoms with van der Waals surface area (Å²) in [7, 11) is 0. The molecule has 3 nitrogen and oxygen atoms in total. The fourth-order valence-corrected chi connectivity index (χ4v) is 5.47. The fourth-order valence-electron chi connectivity index (χ4n) is 1.57. The maximum atomic E-state index is 12.9. The van der Waals surface area contributed by atoms with Gasteiger partial charge in [-0.2, -0.15) is 0 Å². The molecule has 1 atom stereocenters. The second kappa shape index (κ2) is 7.19. The molecule has 0 amide bonds. The summed E-state index contributed by atoms with van der Waals surface area (Å²) < 4.78 is 18.3. The summed E-state index contributed by atoms with van der Waals surface area (Å²) >= 11 is 7.27. The summed E-state index contributed by atoms with van der Waals surface area (Å²) in [6.07, 6.45) is 0. The van der Waals surface area contributed by atoms with E-state index in [9.17, 15) is 4.57 Å². The van der Waals surface area contributed by atoms with E-state index in [1.54, 1.807) is 12.1 Å². The normalized spacial score (nSPS) is 13.7. The van der Waals surface area contributed by atoms with Crippen molar-refractivity contribution in [3.05, 3.63) is 59.6 Å². The summed E-state index contributed by atoms with van der Waals surface area (Å²) in [6, 6.07) is 16.7. The first-order chi connectivity index (χ1) is 9.63. The molecule has 2 aromatic rings. The molecule has 1 N–H and O–H groups in total. The van der Waals surface area contributed by atoms with Crippen LogP contribution in [0.2, 0.25) is 5.02 Å². The zero-order valence-electron chi connectivity index (χ0n) is 11.0. The van der Waals surface area contributed by atoms with Crippen molar-refractivity contribution < 1.29 is 9.09 Å². The van der Waals surface area contributed by atoms with Gasteiger partial charge in [0.1, 0.15) is 0 Å². The molecule has 0 aliphatic carbocycles. The summed E-state index contributed by atoms with van der Waals surface area (Å²) in [5.74, 6) is 0. The Morgan fingerprint density at radius 3 is 2.45 bits per heavy atom. The molecule has 0 aromatic heterocycles. The molecule has 0 saturated heterocycles. The van der Waals surface area contributed by atoms with E-state index in [0.29, 0.717) is 17.3 Å². The van der Waals surface area contributed by atoms with Crippen LogP contribution in [0.5, 0.6) is 0 Å².